The zero-order chi connectivity index (χ0) is 11.8. The SMILES string of the molecule is C=CCNC(=O)C(C)NCC(C)S(C)=O. The lowest BCUT2D eigenvalue weighted by Crippen LogP contribution is -2.44. The Morgan fingerprint density at radius 2 is 2.13 bits per heavy atom. The van der Waals surface area contributed by atoms with Crippen LogP contribution in [0.3, 0.4) is 0 Å². The Labute approximate surface area is 94.0 Å². The van der Waals surface area contributed by atoms with E-state index in [0.29, 0.717) is 13.1 Å². The molecule has 0 aromatic rings. The first kappa shape index (κ1) is 14.3. The van der Waals surface area contributed by atoms with Crippen LogP contribution in [0.2, 0.25) is 0 Å². The number of rotatable bonds is 7. The topological polar surface area (TPSA) is 58.2 Å². The zero-order valence-electron chi connectivity index (χ0n) is 9.58. The summed E-state index contributed by atoms with van der Waals surface area (Å²) in [5.41, 5.74) is 0. The van der Waals surface area contributed by atoms with Gasteiger partial charge < -0.3 is 10.6 Å². The van der Waals surface area contributed by atoms with Crippen LogP contribution in [0.15, 0.2) is 12.7 Å². The number of hydrogen-bond acceptors (Lipinski definition) is 3. The second-order valence-electron chi connectivity index (χ2n) is 3.47. The number of nitrogens with one attached hydrogen (secondary N) is 2. The third kappa shape index (κ3) is 6.41. The van der Waals surface area contributed by atoms with Crippen LogP contribution in [0.25, 0.3) is 0 Å². The van der Waals surface area contributed by atoms with Crippen LogP contribution in [-0.2, 0) is 15.6 Å². The molecule has 0 fully saturated rings. The van der Waals surface area contributed by atoms with Crippen molar-refractivity contribution in [3.63, 3.8) is 0 Å². The van der Waals surface area contributed by atoms with E-state index >= 15 is 0 Å². The third-order valence-electron chi connectivity index (χ3n) is 2.09. The van der Waals surface area contributed by atoms with Gasteiger partial charge in [0.2, 0.25) is 5.91 Å². The van der Waals surface area contributed by atoms with E-state index in [2.05, 4.69) is 17.2 Å². The van der Waals surface area contributed by atoms with Gasteiger partial charge in [-0.1, -0.05) is 6.08 Å². The van der Waals surface area contributed by atoms with E-state index in [1.165, 1.54) is 0 Å². The Morgan fingerprint density at radius 3 is 2.60 bits per heavy atom. The number of amides is 1. The minimum Gasteiger partial charge on any atom is -0.351 e. The Hall–Kier alpha value is -0.680. The van der Waals surface area contributed by atoms with Crippen LogP contribution in [-0.4, -0.2) is 40.8 Å². The fourth-order valence-corrected chi connectivity index (χ4v) is 1.21. The molecule has 2 N–H and O–H groups in total. The molecule has 0 heterocycles. The molecule has 3 atom stereocenters. The van der Waals surface area contributed by atoms with Gasteiger partial charge in [0.15, 0.2) is 0 Å². The first-order valence-electron chi connectivity index (χ1n) is 4.93. The van der Waals surface area contributed by atoms with E-state index in [-0.39, 0.29) is 17.2 Å². The summed E-state index contributed by atoms with van der Waals surface area (Å²) in [5.74, 6) is -0.0658. The molecule has 3 unspecified atom stereocenters. The molecule has 1 amide bonds. The van der Waals surface area contributed by atoms with Crippen molar-refractivity contribution >= 4 is 16.7 Å². The molecule has 5 heteroatoms. The molecule has 88 valence electrons. The molecule has 0 spiro atoms. The summed E-state index contributed by atoms with van der Waals surface area (Å²) in [6.45, 7) is 8.23. The summed E-state index contributed by atoms with van der Waals surface area (Å²) in [7, 11) is -0.856. The maximum Gasteiger partial charge on any atom is 0.237 e. The summed E-state index contributed by atoms with van der Waals surface area (Å²) in [6, 6.07) is -0.268. The van der Waals surface area contributed by atoms with Gasteiger partial charge in [-0.05, 0) is 13.8 Å². The molecule has 0 saturated carbocycles. The number of carbonyl (C=O) groups is 1. The van der Waals surface area contributed by atoms with Gasteiger partial charge in [0, 0.05) is 35.4 Å². The maximum absolute atomic E-state index is 11.4. The van der Waals surface area contributed by atoms with E-state index < -0.39 is 10.8 Å². The van der Waals surface area contributed by atoms with Crippen molar-refractivity contribution in [2.24, 2.45) is 0 Å². The monoisotopic (exact) mass is 232 g/mol. The van der Waals surface area contributed by atoms with Crippen molar-refractivity contribution in [1.82, 2.24) is 10.6 Å². The Kier molecular flexibility index (Phi) is 7.25. The summed E-state index contributed by atoms with van der Waals surface area (Å²) in [5, 5.41) is 5.78. The van der Waals surface area contributed by atoms with E-state index in [0.717, 1.165) is 0 Å². The zero-order valence-corrected chi connectivity index (χ0v) is 10.4. The standard InChI is InChI=1S/C10H20N2O2S/c1-5-6-11-10(13)9(3)12-7-8(2)15(4)14/h5,8-9,12H,1,6-7H2,2-4H3,(H,11,13). The Balaban J connectivity index is 3.82. The highest BCUT2D eigenvalue weighted by Crippen LogP contribution is 1.91. The van der Waals surface area contributed by atoms with Gasteiger partial charge in [0.25, 0.3) is 0 Å². The molecule has 0 rings (SSSR count). The van der Waals surface area contributed by atoms with Gasteiger partial charge in [0.1, 0.15) is 0 Å². The van der Waals surface area contributed by atoms with Crippen LogP contribution in [0, 0.1) is 0 Å². The lowest BCUT2D eigenvalue weighted by molar-refractivity contribution is -0.122. The molecule has 0 aromatic carbocycles. The van der Waals surface area contributed by atoms with Crippen molar-refractivity contribution in [1.29, 1.82) is 0 Å². The number of hydrogen-bond donors (Lipinski definition) is 2. The minimum absolute atomic E-state index is 0.0552. The number of carbonyl (C=O) groups excluding carboxylic acids is 1. The Bertz CT molecular complexity index is 244. The van der Waals surface area contributed by atoms with Gasteiger partial charge in [-0.3, -0.25) is 9.00 Å². The van der Waals surface area contributed by atoms with E-state index in [4.69, 9.17) is 0 Å². The normalized spacial score (nSPS) is 16.5. The average Bonchev–Trinajstić information content (AvgIpc) is 2.21. The summed E-state index contributed by atoms with van der Waals surface area (Å²) < 4.78 is 11.1. The predicted molar refractivity (Wildman–Crippen MR) is 64.2 cm³/mol. The van der Waals surface area contributed by atoms with Gasteiger partial charge in [-0.25, -0.2) is 0 Å². The smallest absolute Gasteiger partial charge is 0.237 e. The van der Waals surface area contributed by atoms with Crippen molar-refractivity contribution in [3.05, 3.63) is 12.7 Å². The minimum atomic E-state index is -0.856. The molecular formula is C10H20N2O2S. The van der Waals surface area contributed by atoms with Crippen LogP contribution < -0.4 is 10.6 Å². The van der Waals surface area contributed by atoms with E-state index in [1.807, 2.05) is 6.92 Å². The highest BCUT2D eigenvalue weighted by molar-refractivity contribution is 7.84. The van der Waals surface area contributed by atoms with Gasteiger partial charge >= 0.3 is 0 Å². The molecule has 0 aliphatic carbocycles. The second kappa shape index (κ2) is 7.59. The first-order chi connectivity index (χ1) is 6.99. The fourth-order valence-electron chi connectivity index (χ4n) is 0.879. The van der Waals surface area contributed by atoms with Crippen LogP contribution in [0.4, 0.5) is 0 Å². The largest absolute Gasteiger partial charge is 0.351 e. The molecule has 0 radical (unpaired) electrons. The van der Waals surface area contributed by atoms with E-state index in [1.54, 1.807) is 19.3 Å². The second-order valence-corrected chi connectivity index (χ2v) is 5.27. The maximum atomic E-state index is 11.4. The fraction of sp³-hybridized carbons (Fsp3) is 0.700. The van der Waals surface area contributed by atoms with Crippen molar-refractivity contribution in [2.75, 3.05) is 19.3 Å². The summed E-state index contributed by atoms with van der Waals surface area (Å²) in [4.78, 5) is 11.4. The predicted octanol–water partition coefficient (Wildman–Crippen LogP) is 0.0337. The first-order valence-corrected chi connectivity index (χ1v) is 6.55. The highest BCUT2D eigenvalue weighted by Gasteiger charge is 2.13. The van der Waals surface area contributed by atoms with Crippen molar-refractivity contribution < 1.29 is 9.00 Å². The average molecular weight is 232 g/mol. The van der Waals surface area contributed by atoms with Crippen molar-refractivity contribution in [3.8, 4) is 0 Å². The lowest BCUT2D eigenvalue weighted by Gasteiger charge is -2.15. The molecule has 15 heavy (non-hydrogen) atoms. The molecule has 0 aromatic heterocycles. The molecule has 0 aliphatic heterocycles. The molecule has 0 saturated heterocycles. The van der Waals surface area contributed by atoms with Crippen molar-refractivity contribution in [2.45, 2.75) is 25.1 Å². The van der Waals surface area contributed by atoms with Crippen LogP contribution >= 0.6 is 0 Å². The quantitative estimate of drug-likeness (QED) is 0.609. The molecule has 0 bridgehead atoms. The summed E-state index contributed by atoms with van der Waals surface area (Å²) in [6.07, 6.45) is 3.29. The molecular weight excluding hydrogens is 212 g/mol. The highest BCUT2D eigenvalue weighted by atomic mass is 32.2. The van der Waals surface area contributed by atoms with Gasteiger partial charge in [-0.15, -0.1) is 6.58 Å². The van der Waals surface area contributed by atoms with E-state index in [9.17, 15) is 9.00 Å². The molecule has 4 nitrogen and oxygen atoms in total. The van der Waals surface area contributed by atoms with Crippen LogP contribution in [0.1, 0.15) is 13.8 Å². The molecule has 0 aliphatic rings. The van der Waals surface area contributed by atoms with Gasteiger partial charge in [-0.2, -0.15) is 0 Å². The third-order valence-corrected chi connectivity index (χ3v) is 3.39. The summed E-state index contributed by atoms with van der Waals surface area (Å²) >= 11 is 0. The lowest BCUT2D eigenvalue weighted by atomic mass is 10.3. The Morgan fingerprint density at radius 1 is 1.53 bits per heavy atom. The van der Waals surface area contributed by atoms with Gasteiger partial charge in [0.05, 0.1) is 6.04 Å². The van der Waals surface area contributed by atoms with Crippen LogP contribution in [0.5, 0.6) is 0 Å².